The molecule has 0 aromatic carbocycles. The van der Waals surface area contributed by atoms with Crippen molar-refractivity contribution < 1.29 is 4.79 Å². The zero-order valence-electron chi connectivity index (χ0n) is 10.4. The van der Waals surface area contributed by atoms with Gasteiger partial charge in [-0.1, -0.05) is 6.92 Å². The van der Waals surface area contributed by atoms with Crippen LogP contribution in [0.5, 0.6) is 0 Å². The molecule has 0 rings (SSSR count). The summed E-state index contributed by atoms with van der Waals surface area (Å²) in [5.74, 6) is 0.205. The zero-order valence-corrected chi connectivity index (χ0v) is 11.2. The van der Waals surface area contributed by atoms with Crippen LogP contribution in [-0.4, -0.2) is 48.5 Å². The Labute approximate surface area is 98.0 Å². The topological polar surface area (TPSA) is 32.3 Å². The summed E-state index contributed by atoms with van der Waals surface area (Å²) >= 11 is 1.86. The van der Waals surface area contributed by atoms with E-state index >= 15 is 0 Å². The van der Waals surface area contributed by atoms with E-state index in [0.29, 0.717) is 11.8 Å². The van der Waals surface area contributed by atoms with E-state index in [-0.39, 0.29) is 5.91 Å². The van der Waals surface area contributed by atoms with Gasteiger partial charge >= 0.3 is 0 Å². The van der Waals surface area contributed by atoms with Gasteiger partial charge in [0.15, 0.2) is 0 Å². The fourth-order valence-electron chi connectivity index (χ4n) is 1.31. The fourth-order valence-corrected chi connectivity index (χ4v) is 1.66. The summed E-state index contributed by atoms with van der Waals surface area (Å²) in [6.07, 6.45) is 3.23. The first-order chi connectivity index (χ1) is 7.15. The van der Waals surface area contributed by atoms with Gasteiger partial charge in [0.2, 0.25) is 5.91 Å². The number of amides is 1. The lowest BCUT2D eigenvalue weighted by molar-refractivity contribution is -0.129. The largest absolute Gasteiger partial charge is 0.342 e. The van der Waals surface area contributed by atoms with Gasteiger partial charge in [-0.15, -0.1) is 0 Å². The van der Waals surface area contributed by atoms with Gasteiger partial charge in [-0.25, -0.2) is 0 Å². The smallest absolute Gasteiger partial charge is 0.236 e. The van der Waals surface area contributed by atoms with Gasteiger partial charge in [-0.3, -0.25) is 4.79 Å². The highest BCUT2D eigenvalue weighted by atomic mass is 32.2. The molecule has 1 amide bonds. The molecule has 0 spiro atoms. The number of likely N-dealkylation sites (N-methyl/N-ethyl adjacent to an activating group) is 1. The third-order valence-electron chi connectivity index (χ3n) is 2.52. The number of nitrogens with zero attached hydrogens (tertiary/aromatic N) is 1. The van der Waals surface area contributed by atoms with Crippen LogP contribution in [0.15, 0.2) is 0 Å². The molecule has 0 saturated carbocycles. The van der Waals surface area contributed by atoms with Crippen LogP contribution < -0.4 is 5.32 Å². The normalized spacial score (nSPS) is 12.5. The highest BCUT2D eigenvalue weighted by Crippen LogP contribution is 2.07. The van der Waals surface area contributed by atoms with Crippen molar-refractivity contribution >= 4 is 17.7 Å². The Morgan fingerprint density at radius 3 is 2.47 bits per heavy atom. The number of nitrogens with one attached hydrogen (secondary N) is 1. The Morgan fingerprint density at radius 2 is 2.00 bits per heavy atom. The number of thioether (sulfide) groups is 1. The average Bonchev–Trinajstić information content (AvgIpc) is 2.25. The first kappa shape index (κ1) is 14.8. The third kappa shape index (κ3) is 6.79. The number of hydrogen-bond acceptors (Lipinski definition) is 3. The van der Waals surface area contributed by atoms with Crippen LogP contribution in [0, 0.1) is 0 Å². The van der Waals surface area contributed by atoms with Gasteiger partial charge < -0.3 is 10.2 Å². The first-order valence-electron chi connectivity index (χ1n) is 5.66. The second kappa shape index (κ2) is 9.04. The van der Waals surface area contributed by atoms with E-state index < -0.39 is 0 Å². The number of carbonyl (C=O) groups is 1. The molecule has 90 valence electrons. The molecule has 0 radical (unpaired) electrons. The molecule has 15 heavy (non-hydrogen) atoms. The highest BCUT2D eigenvalue weighted by Gasteiger charge is 2.08. The highest BCUT2D eigenvalue weighted by molar-refractivity contribution is 7.99. The zero-order chi connectivity index (χ0) is 11.7. The summed E-state index contributed by atoms with van der Waals surface area (Å²) in [5, 5.41) is 3.86. The maximum Gasteiger partial charge on any atom is 0.236 e. The SMILES string of the molecule is CCN(CC)C(=O)CNCCC(C)SC. The van der Waals surface area contributed by atoms with Crippen molar-refractivity contribution in [1.29, 1.82) is 0 Å². The summed E-state index contributed by atoms with van der Waals surface area (Å²) in [5.41, 5.74) is 0. The van der Waals surface area contributed by atoms with Gasteiger partial charge in [-0.2, -0.15) is 11.8 Å². The van der Waals surface area contributed by atoms with Gasteiger partial charge in [0.05, 0.1) is 6.54 Å². The molecule has 0 aliphatic heterocycles. The molecule has 0 aromatic heterocycles. The summed E-state index contributed by atoms with van der Waals surface area (Å²) in [7, 11) is 0. The maximum atomic E-state index is 11.6. The fraction of sp³-hybridized carbons (Fsp3) is 0.909. The summed E-state index contributed by atoms with van der Waals surface area (Å²) in [6.45, 7) is 9.24. The van der Waals surface area contributed by atoms with E-state index in [2.05, 4.69) is 18.5 Å². The Hall–Kier alpha value is -0.220. The van der Waals surface area contributed by atoms with Crippen LogP contribution in [0.1, 0.15) is 27.2 Å². The van der Waals surface area contributed by atoms with E-state index in [1.807, 2.05) is 30.5 Å². The van der Waals surface area contributed by atoms with Gasteiger partial charge in [-0.05, 0) is 33.1 Å². The molecular formula is C11H24N2OS. The quantitative estimate of drug-likeness (QED) is 0.645. The Balaban J connectivity index is 3.54. The number of carbonyl (C=O) groups excluding carboxylic acids is 1. The minimum Gasteiger partial charge on any atom is -0.342 e. The van der Waals surface area contributed by atoms with E-state index in [9.17, 15) is 4.79 Å². The van der Waals surface area contributed by atoms with Crippen molar-refractivity contribution in [3.05, 3.63) is 0 Å². The number of hydrogen-bond donors (Lipinski definition) is 1. The van der Waals surface area contributed by atoms with Crippen LogP contribution >= 0.6 is 11.8 Å². The molecule has 0 saturated heterocycles. The Bertz CT molecular complexity index is 172. The molecule has 0 aromatic rings. The van der Waals surface area contributed by atoms with Gasteiger partial charge in [0, 0.05) is 18.3 Å². The molecule has 4 heteroatoms. The van der Waals surface area contributed by atoms with Crippen molar-refractivity contribution in [2.24, 2.45) is 0 Å². The van der Waals surface area contributed by atoms with E-state index in [1.54, 1.807) is 0 Å². The average molecular weight is 232 g/mol. The lowest BCUT2D eigenvalue weighted by atomic mass is 10.3. The second-order valence-electron chi connectivity index (χ2n) is 3.58. The van der Waals surface area contributed by atoms with Crippen LogP contribution in [0.4, 0.5) is 0 Å². The molecule has 0 fully saturated rings. The Morgan fingerprint density at radius 1 is 1.40 bits per heavy atom. The van der Waals surface area contributed by atoms with E-state index in [1.165, 1.54) is 0 Å². The van der Waals surface area contributed by atoms with Gasteiger partial charge in [0.1, 0.15) is 0 Å². The van der Waals surface area contributed by atoms with Gasteiger partial charge in [0.25, 0.3) is 0 Å². The first-order valence-corrected chi connectivity index (χ1v) is 6.95. The van der Waals surface area contributed by atoms with E-state index in [4.69, 9.17) is 0 Å². The van der Waals surface area contributed by atoms with Crippen LogP contribution in [0.25, 0.3) is 0 Å². The van der Waals surface area contributed by atoms with Crippen molar-refractivity contribution in [1.82, 2.24) is 10.2 Å². The van der Waals surface area contributed by atoms with Crippen molar-refractivity contribution in [2.75, 3.05) is 32.4 Å². The molecule has 0 bridgehead atoms. The molecular weight excluding hydrogens is 208 g/mol. The lowest BCUT2D eigenvalue weighted by Gasteiger charge is -2.19. The predicted molar refractivity (Wildman–Crippen MR) is 68.4 cm³/mol. The minimum atomic E-state index is 0.205. The monoisotopic (exact) mass is 232 g/mol. The van der Waals surface area contributed by atoms with Crippen molar-refractivity contribution in [2.45, 2.75) is 32.4 Å². The molecule has 1 N–H and O–H groups in total. The van der Waals surface area contributed by atoms with Crippen LogP contribution in [-0.2, 0) is 4.79 Å². The minimum absolute atomic E-state index is 0.205. The third-order valence-corrected chi connectivity index (χ3v) is 3.56. The standard InChI is InChI=1S/C11H24N2OS/c1-5-13(6-2)11(14)9-12-8-7-10(3)15-4/h10,12H,5-9H2,1-4H3. The lowest BCUT2D eigenvalue weighted by Crippen LogP contribution is -2.38. The predicted octanol–water partition coefficient (Wildman–Crippen LogP) is 1.59. The second-order valence-corrected chi connectivity index (χ2v) is 4.85. The summed E-state index contributed by atoms with van der Waals surface area (Å²) in [4.78, 5) is 13.4. The molecule has 1 atom stereocenters. The number of rotatable bonds is 8. The van der Waals surface area contributed by atoms with Crippen LogP contribution in [0.3, 0.4) is 0 Å². The molecule has 3 nitrogen and oxygen atoms in total. The van der Waals surface area contributed by atoms with Crippen molar-refractivity contribution in [3.63, 3.8) is 0 Å². The van der Waals surface area contributed by atoms with Crippen molar-refractivity contribution in [3.8, 4) is 0 Å². The molecule has 1 unspecified atom stereocenters. The van der Waals surface area contributed by atoms with Crippen LogP contribution in [0.2, 0.25) is 0 Å². The Kier molecular flexibility index (Phi) is 8.91. The molecule has 0 heterocycles. The molecule has 0 aliphatic rings. The maximum absolute atomic E-state index is 11.6. The molecule has 0 aliphatic carbocycles. The summed E-state index contributed by atoms with van der Waals surface area (Å²) in [6, 6.07) is 0. The van der Waals surface area contributed by atoms with E-state index in [0.717, 1.165) is 26.1 Å². The summed E-state index contributed by atoms with van der Waals surface area (Å²) < 4.78 is 0.